The highest BCUT2D eigenvalue weighted by atomic mass is 19.1. The van der Waals surface area contributed by atoms with Crippen molar-refractivity contribution >= 4 is 11.5 Å². The van der Waals surface area contributed by atoms with Crippen LogP contribution in [-0.2, 0) is 0 Å². The number of halogens is 1. The van der Waals surface area contributed by atoms with Crippen LogP contribution in [0.1, 0.15) is 5.69 Å². The van der Waals surface area contributed by atoms with E-state index in [2.05, 4.69) is 15.5 Å². The first kappa shape index (κ1) is 10.1. The quantitative estimate of drug-likeness (QED) is 0.832. The van der Waals surface area contributed by atoms with Gasteiger partial charge in [0.25, 0.3) is 0 Å². The van der Waals surface area contributed by atoms with Gasteiger partial charge in [-0.3, -0.25) is 0 Å². The predicted molar refractivity (Wildman–Crippen MR) is 56.4 cm³/mol. The van der Waals surface area contributed by atoms with E-state index in [1.165, 1.54) is 18.2 Å². The number of benzene rings is 1. The SMILES string of the molecule is N#Cc1ccc(Nc2cccc(F)c2)nn1. The summed E-state index contributed by atoms with van der Waals surface area (Å²) in [4.78, 5) is 0. The van der Waals surface area contributed by atoms with Gasteiger partial charge in [0.05, 0.1) is 0 Å². The van der Waals surface area contributed by atoms with Gasteiger partial charge in [0.2, 0.25) is 0 Å². The van der Waals surface area contributed by atoms with E-state index < -0.39 is 0 Å². The van der Waals surface area contributed by atoms with Crippen LogP contribution < -0.4 is 5.32 Å². The Hall–Kier alpha value is -2.48. The molecule has 0 bridgehead atoms. The van der Waals surface area contributed by atoms with Crippen molar-refractivity contribution in [1.29, 1.82) is 5.26 Å². The summed E-state index contributed by atoms with van der Waals surface area (Å²) in [5.41, 5.74) is 0.823. The minimum atomic E-state index is -0.327. The fourth-order valence-electron chi connectivity index (χ4n) is 1.17. The highest BCUT2D eigenvalue weighted by Crippen LogP contribution is 2.14. The van der Waals surface area contributed by atoms with E-state index in [1.54, 1.807) is 18.2 Å². The Morgan fingerprint density at radius 1 is 1.19 bits per heavy atom. The van der Waals surface area contributed by atoms with Crippen molar-refractivity contribution in [3.8, 4) is 6.07 Å². The van der Waals surface area contributed by atoms with Crippen LogP contribution in [0.15, 0.2) is 36.4 Å². The van der Waals surface area contributed by atoms with Gasteiger partial charge < -0.3 is 5.32 Å². The van der Waals surface area contributed by atoms with Crippen molar-refractivity contribution < 1.29 is 4.39 Å². The fourth-order valence-corrected chi connectivity index (χ4v) is 1.17. The first-order chi connectivity index (χ1) is 7.78. The van der Waals surface area contributed by atoms with Crippen LogP contribution in [0.2, 0.25) is 0 Å². The Morgan fingerprint density at radius 2 is 2.06 bits per heavy atom. The van der Waals surface area contributed by atoms with Gasteiger partial charge >= 0.3 is 0 Å². The second kappa shape index (κ2) is 4.36. The van der Waals surface area contributed by atoms with E-state index in [-0.39, 0.29) is 11.5 Å². The highest BCUT2D eigenvalue weighted by Gasteiger charge is 1.98. The van der Waals surface area contributed by atoms with Crippen molar-refractivity contribution in [3.05, 3.63) is 47.9 Å². The van der Waals surface area contributed by atoms with Crippen LogP contribution in [0.4, 0.5) is 15.9 Å². The Kier molecular flexibility index (Phi) is 2.74. The van der Waals surface area contributed by atoms with E-state index in [0.717, 1.165) is 0 Å². The Labute approximate surface area is 91.4 Å². The third-order valence-electron chi connectivity index (χ3n) is 1.88. The third-order valence-corrected chi connectivity index (χ3v) is 1.88. The smallest absolute Gasteiger partial charge is 0.163 e. The van der Waals surface area contributed by atoms with Crippen molar-refractivity contribution in [2.45, 2.75) is 0 Å². The summed E-state index contributed by atoms with van der Waals surface area (Å²) in [5.74, 6) is 0.135. The predicted octanol–water partition coefficient (Wildman–Crippen LogP) is 2.23. The second-order valence-electron chi connectivity index (χ2n) is 3.05. The molecule has 0 spiro atoms. The van der Waals surface area contributed by atoms with Gasteiger partial charge in [-0.15, -0.1) is 10.2 Å². The molecular weight excluding hydrogens is 207 g/mol. The summed E-state index contributed by atoms with van der Waals surface area (Å²) in [7, 11) is 0. The molecule has 0 saturated carbocycles. The normalized spacial score (nSPS) is 9.50. The number of nitrogens with one attached hydrogen (secondary N) is 1. The van der Waals surface area contributed by atoms with E-state index in [9.17, 15) is 4.39 Å². The van der Waals surface area contributed by atoms with E-state index >= 15 is 0 Å². The molecule has 0 fully saturated rings. The molecule has 1 N–H and O–H groups in total. The van der Waals surface area contributed by atoms with Gasteiger partial charge in [-0.05, 0) is 30.3 Å². The van der Waals surface area contributed by atoms with Crippen molar-refractivity contribution in [2.24, 2.45) is 0 Å². The highest BCUT2D eigenvalue weighted by molar-refractivity contribution is 5.55. The molecule has 0 aliphatic carbocycles. The summed E-state index contributed by atoms with van der Waals surface area (Å²) in [6.07, 6.45) is 0. The average molecular weight is 214 g/mol. The van der Waals surface area contributed by atoms with Crippen LogP contribution >= 0.6 is 0 Å². The van der Waals surface area contributed by atoms with Crippen LogP contribution in [0.25, 0.3) is 0 Å². The zero-order valence-electron chi connectivity index (χ0n) is 8.18. The zero-order chi connectivity index (χ0) is 11.4. The maximum absolute atomic E-state index is 12.9. The lowest BCUT2D eigenvalue weighted by molar-refractivity contribution is 0.628. The van der Waals surface area contributed by atoms with Crippen molar-refractivity contribution in [2.75, 3.05) is 5.32 Å². The molecule has 2 aromatic rings. The lowest BCUT2D eigenvalue weighted by Gasteiger charge is -2.03. The van der Waals surface area contributed by atoms with Crippen LogP contribution in [0.5, 0.6) is 0 Å². The number of hydrogen-bond acceptors (Lipinski definition) is 4. The maximum atomic E-state index is 12.9. The molecule has 16 heavy (non-hydrogen) atoms. The number of hydrogen-bond donors (Lipinski definition) is 1. The minimum Gasteiger partial charge on any atom is -0.339 e. The van der Waals surface area contributed by atoms with Gasteiger partial charge in [-0.2, -0.15) is 5.26 Å². The number of rotatable bonds is 2. The molecule has 0 saturated heterocycles. The first-order valence-electron chi connectivity index (χ1n) is 4.54. The third kappa shape index (κ3) is 2.30. The molecule has 0 amide bonds. The monoisotopic (exact) mass is 214 g/mol. The van der Waals surface area contributed by atoms with Crippen molar-refractivity contribution in [3.63, 3.8) is 0 Å². The van der Waals surface area contributed by atoms with E-state index in [4.69, 9.17) is 5.26 Å². The minimum absolute atomic E-state index is 0.241. The van der Waals surface area contributed by atoms with E-state index in [1.807, 2.05) is 6.07 Å². The largest absolute Gasteiger partial charge is 0.339 e. The molecule has 0 aliphatic heterocycles. The Morgan fingerprint density at radius 3 is 2.69 bits per heavy atom. The summed E-state index contributed by atoms with van der Waals surface area (Å²) in [5, 5.41) is 18.8. The van der Waals surface area contributed by atoms with Gasteiger partial charge in [0.1, 0.15) is 11.9 Å². The standard InChI is InChI=1S/C11H7FN4/c12-8-2-1-3-9(6-8)14-11-5-4-10(7-13)15-16-11/h1-6H,(H,14,16). The lowest BCUT2D eigenvalue weighted by atomic mass is 10.3. The molecule has 1 heterocycles. The average Bonchev–Trinajstić information content (AvgIpc) is 2.30. The molecule has 0 radical (unpaired) electrons. The van der Waals surface area contributed by atoms with Crippen LogP contribution in [-0.4, -0.2) is 10.2 Å². The lowest BCUT2D eigenvalue weighted by Crippen LogP contribution is -1.96. The fraction of sp³-hybridized carbons (Fsp3) is 0. The molecule has 4 nitrogen and oxygen atoms in total. The van der Waals surface area contributed by atoms with Gasteiger partial charge in [-0.1, -0.05) is 6.07 Å². The van der Waals surface area contributed by atoms with Crippen molar-refractivity contribution in [1.82, 2.24) is 10.2 Å². The summed E-state index contributed by atoms with van der Waals surface area (Å²) in [6, 6.07) is 11.0. The molecule has 0 atom stereocenters. The molecule has 78 valence electrons. The summed E-state index contributed by atoms with van der Waals surface area (Å²) < 4.78 is 12.9. The topological polar surface area (TPSA) is 61.6 Å². The number of aromatic nitrogens is 2. The zero-order valence-corrected chi connectivity index (χ0v) is 8.18. The molecule has 5 heteroatoms. The van der Waals surface area contributed by atoms with E-state index in [0.29, 0.717) is 11.5 Å². The van der Waals surface area contributed by atoms with Gasteiger partial charge in [0, 0.05) is 5.69 Å². The second-order valence-corrected chi connectivity index (χ2v) is 3.05. The molecule has 0 aliphatic rings. The molecule has 0 unspecified atom stereocenters. The van der Waals surface area contributed by atoms with Crippen LogP contribution in [0.3, 0.4) is 0 Å². The molecule has 1 aromatic carbocycles. The molecular formula is C11H7FN4. The maximum Gasteiger partial charge on any atom is 0.163 e. The number of anilines is 2. The molecule has 2 rings (SSSR count). The first-order valence-corrected chi connectivity index (χ1v) is 4.54. The Balaban J connectivity index is 2.18. The van der Waals surface area contributed by atoms with Gasteiger partial charge in [-0.25, -0.2) is 4.39 Å². The number of nitrogens with zero attached hydrogens (tertiary/aromatic N) is 3. The summed E-state index contributed by atoms with van der Waals surface area (Å²) >= 11 is 0. The van der Waals surface area contributed by atoms with Gasteiger partial charge in [0.15, 0.2) is 11.5 Å². The number of nitriles is 1. The van der Waals surface area contributed by atoms with Crippen LogP contribution in [0, 0.1) is 17.1 Å². The molecule has 1 aromatic heterocycles. The summed E-state index contributed by atoms with van der Waals surface area (Å²) in [6.45, 7) is 0. The Bertz CT molecular complexity index is 530.